The van der Waals surface area contributed by atoms with Crippen molar-refractivity contribution in [1.82, 2.24) is 15.2 Å². The number of amides is 2. The Hall–Kier alpha value is -3.48. The lowest BCUT2D eigenvalue weighted by atomic mass is 9.34. The van der Waals surface area contributed by atoms with Gasteiger partial charge in [-0.25, -0.2) is 4.98 Å². The number of rotatable bonds is 15. The third kappa shape index (κ3) is 8.33. The zero-order chi connectivity index (χ0) is 34.7. The molecule has 5 rings (SSSR count). The number of alkyl halides is 3. The highest BCUT2D eigenvalue weighted by atomic mass is 32.1. The van der Waals surface area contributed by atoms with Gasteiger partial charge in [0.15, 0.2) is 6.10 Å². The minimum atomic E-state index is -4.24. The van der Waals surface area contributed by atoms with Crippen LogP contribution >= 0.6 is 11.3 Å². The highest BCUT2D eigenvalue weighted by Gasteiger charge is 2.78. The van der Waals surface area contributed by atoms with Crippen LogP contribution in [0.5, 0.6) is 0 Å². The zero-order valence-electron chi connectivity index (χ0n) is 27.7. The molecule has 2 amide bonds. The molecule has 13 heteroatoms. The van der Waals surface area contributed by atoms with Gasteiger partial charge in [-0.15, -0.1) is 11.3 Å². The summed E-state index contributed by atoms with van der Waals surface area (Å²) in [5.41, 5.74) is -1.11. The number of nitrogens with zero attached hydrogens (tertiary/aromatic N) is 2. The Balaban J connectivity index is 1.45. The lowest BCUT2D eigenvalue weighted by Gasteiger charge is -2.70. The molecule has 0 radical (unpaired) electrons. The number of nitrogens with one attached hydrogen (secondary N) is 1. The summed E-state index contributed by atoms with van der Waals surface area (Å²) in [6.07, 6.45) is -4.07. The summed E-state index contributed by atoms with van der Waals surface area (Å²) in [5.74, 6) is -2.16. The third-order valence-corrected chi connectivity index (χ3v) is 10.6. The molecule has 1 heterocycles. The highest BCUT2D eigenvalue weighted by molar-refractivity contribution is 7.09. The number of hydrogen-bond donors (Lipinski definition) is 1. The molecule has 0 saturated heterocycles. The van der Waals surface area contributed by atoms with Gasteiger partial charge in [0, 0.05) is 44.3 Å². The van der Waals surface area contributed by atoms with E-state index in [0.29, 0.717) is 17.8 Å². The molecule has 1 N–H and O–H groups in total. The first-order valence-corrected chi connectivity index (χ1v) is 16.7. The molecule has 3 aliphatic rings. The molecule has 0 spiro atoms. The smallest absolute Gasteiger partial charge is 0.394 e. The summed E-state index contributed by atoms with van der Waals surface area (Å²) in [7, 11) is 2.95. The van der Waals surface area contributed by atoms with Crippen LogP contribution in [0.3, 0.4) is 0 Å². The quantitative estimate of drug-likeness (QED) is 0.220. The van der Waals surface area contributed by atoms with Gasteiger partial charge in [0.2, 0.25) is 5.91 Å². The van der Waals surface area contributed by atoms with Crippen molar-refractivity contribution in [3.05, 3.63) is 52.0 Å². The summed E-state index contributed by atoms with van der Waals surface area (Å²) in [5, 5.41) is 4.94. The number of esters is 2. The van der Waals surface area contributed by atoms with Gasteiger partial charge < -0.3 is 19.7 Å². The number of halogens is 3. The Morgan fingerprint density at radius 2 is 1.70 bits per heavy atom. The van der Waals surface area contributed by atoms with E-state index in [1.165, 1.54) is 14.0 Å². The van der Waals surface area contributed by atoms with Crippen LogP contribution in [0, 0.1) is 22.7 Å². The predicted octanol–water partition coefficient (Wildman–Crippen LogP) is 6.28. The molecule has 3 fully saturated rings. The van der Waals surface area contributed by atoms with Gasteiger partial charge >= 0.3 is 18.1 Å². The lowest BCUT2D eigenvalue weighted by molar-refractivity contribution is -0.362. The monoisotopic (exact) mass is 679 g/mol. The predicted molar refractivity (Wildman–Crippen MR) is 169 cm³/mol. The Labute approximate surface area is 277 Å². The molecule has 2 aromatic rings. The maximum absolute atomic E-state index is 13.4. The van der Waals surface area contributed by atoms with E-state index < -0.39 is 53.0 Å². The summed E-state index contributed by atoms with van der Waals surface area (Å²) in [6, 6.07) is 8.75. The maximum atomic E-state index is 13.4. The van der Waals surface area contributed by atoms with E-state index in [9.17, 15) is 32.3 Å². The number of benzene rings is 1. The van der Waals surface area contributed by atoms with Crippen LogP contribution in [0.2, 0.25) is 0 Å². The van der Waals surface area contributed by atoms with Gasteiger partial charge in [-0.1, -0.05) is 51.1 Å². The minimum Gasteiger partial charge on any atom is -0.469 e. The van der Waals surface area contributed by atoms with E-state index in [1.54, 1.807) is 24.3 Å². The molecule has 258 valence electrons. The second kappa shape index (κ2) is 14.3. The number of carbonyl (C=O) groups is 4. The van der Waals surface area contributed by atoms with Crippen molar-refractivity contribution >= 4 is 35.1 Å². The fraction of sp³-hybridized carbons (Fsp3) is 0.618. The van der Waals surface area contributed by atoms with E-state index in [2.05, 4.69) is 10.3 Å². The van der Waals surface area contributed by atoms with E-state index in [1.807, 2.05) is 44.2 Å². The number of ether oxygens (including phenoxy) is 2. The fourth-order valence-corrected chi connectivity index (χ4v) is 8.07. The topological polar surface area (TPSA) is 115 Å². The maximum Gasteiger partial charge on any atom is 0.394 e. The van der Waals surface area contributed by atoms with Gasteiger partial charge in [0.05, 0.1) is 18.4 Å². The van der Waals surface area contributed by atoms with Gasteiger partial charge in [0.1, 0.15) is 10.7 Å². The normalized spacial score (nSPS) is 22.6. The van der Waals surface area contributed by atoms with Gasteiger partial charge in [-0.05, 0) is 49.0 Å². The van der Waals surface area contributed by atoms with Crippen LogP contribution in [0.4, 0.5) is 13.2 Å². The van der Waals surface area contributed by atoms with Crippen molar-refractivity contribution < 1.29 is 41.8 Å². The Bertz CT molecular complexity index is 1430. The number of carbonyl (C=O) groups excluding carboxylic acids is 4. The summed E-state index contributed by atoms with van der Waals surface area (Å²) in [6.45, 7) is 6.84. The number of thiazole rings is 1. The van der Waals surface area contributed by atoms with Gasteiger partial charge in [-0.3, -0.25) is 19.2 Å². The van der Waals surface area contributed by atoms with Gasteiger partial charge in [0.25, 0.3) is 5.91 Å². The minimum absolute atomic E-state index is 0.0107. The van der Waals surface area contributed by atoms with E-state index in [-0.39, 0.29) is 55.6 Å². The molecule has 4 atom stereocenters. The van der Waals surface area contributed by atoms with Crippen LogP contribution in [0.25, 0.3) is 0 Å². The first kappa shape index (κ1) is 36.4. The lowest BCUT2D eigenvalue weighted by Crippen LogP contribution is -2.69. The summed E-state index contributed by atoms with van der Waals surface area (Å²) >= 11 is 1.15. The molecular weight excluding hydrogens is 635 g/mol. The van der Waals surface area contributed by atoms with Crippen molar-refractivity contribution in [3.8, 4) is 0 Å². The Morgan fingerprint density at radius 1 is 1.06 bits per heavy atom. The summed E-state index contributed by atoms with van der Waals surface area (Å²) in [4.78, 5) is 57.1. The second-order valence-corrected chi connectivity index (χ2v) is 14.6. The van der Waals surface area contributed by atoms with Crippen molar-refractivity contribution in [2.24, 2.45) is 22.7 Å². The molecule has 3 aliphatic carbocycles. The molecule has 1 aromatic carbocycles. The Kier molecular flexibility index (Phi) is 11.1. The van der Waals surface area contributed by atoms with Gasteiger partial charge in [-0.2, -0.15) is 13.2 Å². The van der Waals surface area contributed by atoms with Crippen molar-refractivity contribution in [1.29, 1.82) is 0 Å². The van der Waals surface area contributed by atoms with Crippen molar-refractivity contribution in [2.45, 2.75) is 97.0 Å². The first-order chi connectivity index (χ1) is 22.0. The average molecular weight is 680 g/mol. The highest BCUT2D eigenvalue weighted by Crippen LogP contribution is 2.79. The van der Waals surface area contributed by atoms with E-state index in [0.717, 1.165) is 16.9 Å². The standard InChI is InChI=1S/C34H44F3N3O6S/c1-20(2)26(40(5)28(42)15-32-17-33(18-32,19-32)34(35,36)37)14-27(46-22(4)41)30-39-25(16-47-30)29(43)38-24(12-21(3)31(44)45-6)13-23-10-8-7-9-11-23/h7-11,16,20-21,24,26-27H,12-15,17-19H2,1-6H3,(H,38,43). The second-order valence-electron chi connectivity index (χ2n) is 13.7. The first-order valence-electron chi connectivity index (χ1n) is 15.9. The molecule has 2 bridgehead atoms. The zero-order valence-corrected chi connectivity index (χ0v) is 28.5. The number of methoxy groups -OCH3 is 1. The van der Waals surface area contributed by atoms with Crippen molar-refractivity contribution in [3.63, 3.8) is 0 Å². The molecule has 3 saturated carbocycles. The third-order valence-electron chi connectivity index (χ3n) is 9.62. The van der Waals surface area contributed by atoms with Crippen molar-refractivity contribution in [2.75, 3.05) is 14.2 Å². The largest absolute Gasteiger partial charge is 0.469 e. The van der Waals surface area contributed by atoms with E-state index in [4.69, 9.17) is 9.47 Å². The molecule has 1 aromatic heterocycles. The van der Waals surface area contributed by atoms with Crippen LogP contribution in [0.1, 0.15) is 93.4 Å². The molecular formula is C34H44F3N3O6S. The fourth-order valence-electron chi connectivity index (χ4n) is 7.23. The summed E-state index contributed by atoms with van der Waals surface area (Å²) < 4.78 is 50.6. The van der Waals surface area contributed by atoms with Crippen LogP contribution in [-0.4, -0.2) is 66.1 Å². The Morgan fingerprint density at radius 3 is 2.26 bits per heavy atom. The van der Waals surface area contributed by atoms with E-state index >= 15 is 0 Å². The number of aromatic nitrogens is 1. The molecule has 47 heavy (non-hydrogen) atoms. The number of hydrogen-bond acceptors (Lipinski definition) is 8. The van der Waals surface area contributed by atoms with Crippen LogP contribution < -0.4 is 5.32 Å². The van der Waals surface area contributed by atoms with Crippen LogP contribution in [0.15, 0.2) is 35.7 Å². The molecule has 4 unspecified atom stereocenters. The SMILES string of the molecule is COC(=O)C(C)CC(Cc1ccccc1)NC(=O)c1csc(C(CC(C(C)C)N(C)C(=O)CC23CC(C(F)(F)F)(C2)C3)OC(C)=O)n1. The molecule has 9 nitrogen and oxygen atoms in total. The molecule has 0 aliphatic heterocycles. The van der Waals surface area contributed by atoms with Crippen LogP contribution in [-0.2, 0) is 30.3 Å². The average Bonchev–Trinajstić information content (AvgIpc) is 3.45.